The van der Waals surface area contributed by atoms with E-state index in [0.29, 0.717) is 25.7 Å². The minimum absolute atomic E-state index is 0.0396. The van der Waals surface area contributed by atoms with Crippen molar-refractivity contribution in [2.75, 3.05) is 13.2 Å². The van der Waals surface area contributed by atoms with E-state index in [4.69, 9.17) is 9.47 Å². The third-order valence-corrected chi connectivity index (χ3v) is 8.63. The zero-order chi connectivity index (χ0) is 23.6. The van der Waals surface area contributed by atoms with E-state index >= 15 is 0 Å². The quantitative estimate of drug-likeness (QED) is 0.431. The predicted molar refractivity (Wildman–Crippen MR) is 137 cm³/mol. The molecule has 2 aromatic carbocycles. The Morgan fingerprint density at radius 2 is 2.00 bits per heavy atom. The molecule has 4 nitrogen and oxygen atoms in total. The van der Waals surface area contributed by atoms with Gasteiger partial charge in [-0.3, -0.25) is 0 Å². The maximum absolute atomic E-state index is 11.3. The van der Waals surface area contributed by atoms with Crippen LogP contribution in [0.4, 0.5) is 0 Å². The third-order valence-electron chi connectivity index (χ3n) is 7.81. The first kappa shape index (κ1) is 23.5. The van der Waals surface area contributed by atoms with Gasteiger partial charge in [-0.25, -0.2) is 4.98 Å². The van der Waals surface area contributed by atoms with Crippen LogP contribution in [-0.4, -0.2) is 28.9 Å². The first-order valence-electron chi connectivity index (χ1n) is 12.5. The van der Waals surface area contributed by atoms with Crippen molar-refractivity contribution in [3.8, 4) is 5.75 Å². The number of aryl methyl sites for hydroxylation is 2. The summed E-state index contributed by atoms with van der Waals surface area (Å²) >= 11 is 1.66. The van der Waals surface area contributed by atoms with Gasteiger partial charge in [0.2, 0.25) is 0 Å². The Hall–Kier alpha value is -2.21. The second-order valence-electron chi connectivity index (χ2n) is 10.1. The first-order chi connectivity index (χ1) is 16.5. The fourth-order valence-electron chi connectivity index (χ4n) is 6.17. The summed E-state index contributed by atoms with van der Waals surface area (Å²) in [4.78, 5) is 4.52. The zero-order valence-electron chi connectivity index (χ0n) is 20.3. The third kappa shape index (κ3) is 4.79. The van der Waals surface area contributed by atoms with Gasteiger partial charge >= 0.3 is 0 Å². The molecule has 1 fully saturated rings. The van der Waals surface area contributed by atoms with E-state index in [2.05, 4.69) is 58.9 Å². The summed E-state index contributed by atoms with van der Waals surface area (Å²) in [6.07, 6.45) is 5.67. The molecule has 3 atom stereocenters. The Kier molecular flexibility index (Phi) is 6.79. The van der Waals surface area contributed by atoms with Crippen molar-refractivity contribution in [3.05, 3.63) is 81.3 Å². The highest BCUT2D eigenvalue weighted by Crippen LogP contribution is 2.54. The standard InChI is InChI=1S/C29H35NO3S/c1-3-32-20-28(31)13-14-29(16-22-7-5-4-6-8-22)24(17-28)10-9-23-15-26(11-12-27(23)29)33-18-25-19-34-21(2)30-25/h4-8,11-12,15,19,24,31H,3,9-10,13-14,16-18,20H2,1-2H3/t24-,28-,29+/m1/s1. The number of ether oxygens (including phenoxy) is 2. The SMILES string of the molecule is CCOC[C@@]1(O)CC[C@@]2(Cc3ccccc3)c3ccc(OCc4csc(C)n4)cc3CC[C@@H]2C1. The van der Waals surface area contributed by atoms with Crippen molar-refractivity contribution in [3.63, 3.8) is 0 Å². The number of aliphatic hydroxyl groups is 1. The zero-order valence-corrected chi connectivity index (χ0v) is 21.1. The van der Waals surface area contributed by atoms with Crippen LogP contribution in [-0.2, 0) is 29.6 Å². The second kappa shape index (κ2) is 9.80. The molecule has 1 aromatic heterocycles. The summed E-state index contributed by atoms with van der Waals surface area (Å²) in [5.74, 6) is 1.35. The largest absolute Gasteiger partial charge is 0.487 e. The molecule has 3 aromatic rings. The number of thiazole rings is 1. The second-order valence-corrected chi connectivity index (χ2v) is 11.1. The first-order valence-corrected chi connectivity index (χ1v) is 13.4. The van der Waals surface area contributed by atoms with Gasteiger partial charge in [0.05, 0.1) is 22.9 Å². The van der Waals surface area contributed by atoms with E-state index in [1.165, 1.54) is 16.7 Å². The molecule has 0 amide bonds. The lowest BCUT2D eigenvalue weighted by Gasteiger charge is -2.53. The molecule has 0 unspecified atom stereocenters. The molecular weight excluding hydrogens is 442 g/mol. The van der Waals surface area contributed by atoms with Crippen molar-refractivity contribution in [1.82, 2.24) is 4.98 Å². The summed E-state index contributed by atoms with van der Waals surface area (Å²) in [6.45, 7) is 5.62. The molecule has 34 heavy (non-hydrogen) atoms. The van der Waals surface area contributed by atoms with Crippen LogP contribution in [0.25, 0.3) is 0 Å². The molecule has 5 rings (SSSR count). The number of nitrogens with zero attached hydrogens (tertiary/aromatic N) is 1. The average Bonchev–Trinajstić information content (AvgIpc) is 3.27. The van der Waals surface area contributed by atoms with Gasteiger partial charge in [-0.1, -0.05) is 36.4 Å². The van der Waals surface area contributed by atoms with Crippen LogP contribution in [0.3, 0.4) is 0 Å². The van der Waals surface area contributed by atoms with E-state index < -0.39 is 5.60 Å². The van der Waals surface area contributed by atoms with Gasteiger partial charge in [0.15, 0.2) is 0 Å². The normalized spacial score (nSPS) is 26.0. The Morgan fingerprint density at radius 1 is 1.15 bits per heavy atom. The van der Waals surface area contributed by atoms with Crippen LogP contribution in [0.5, 0.6) is 5.75 Å². The molecule has 0 bridgehead atoms. The number of benzene rings is 2. The molecule has 2 aliphatic carbocycles. The average molecular weight is 478 g/mol. The van der Waals surface area contributed by atoms with Gasteiger partial charge in [-0.05, 0) is 87.1 Å². The highest BCUT2D eigenvalue weighted by atomic mass is 32.1. The molecule has 180 valence electrons. The summed E-state index contributed by atoms with van der Waals surface area (Å²) in [7, 11) is 0. The highest BCUT2D eigenvalue weighted by Gasteiger charge is 2.51. The Balaban J connectivity index is 1.43. The van der Waals surface area contributed by atoms with Crippen molar-refractivity contribution in [2.24, 2.45) is 5.92 Å². The Labute approximate surface area is 207 Å². The van der Waals surface area contributed by atoms with Crippen molar-refractivity contribution in [1.29, 1.82) is 0 Å². The molecule has 2 aliphatic rings. The summed E-state index contributed by atoms with van der Waals surface area (Å²) < 4.78 is 11.8. The van der Waals surface area contributed by atoms with Gasteiger partial charge < -0.3 is 14.6 Å². The van der Waals surface area contributed by atoms with Crippen LogP contribution in [0.15, 0.2) is 53.9 Å². The predicted octanol–water partition coefficient (Wildman–Crippen LogP) is 6.02. The summed E-state index contributed by atoms with van der Waals surface area (Å²) in [5.41, 5.74) is 4.53. The number of hydrogen-bond acceptors (Lipinski definition) is 5. The molecule has 0 aliphatic heterocycles. The van der Waals surface area contributed by atoms with Gasteiger partial charge in [0, 0.05) is 17.4 Å². The fourth-order valence-corrected chi connectivity index (χ4v) is 6.77. The molecule has 1 saturated carbocycles. The van der Waals surface area contributed by atoms with Crippen LogP contribution >= 0.6 is 11.3 Å². The van der Waals surface area contributed by atoms with E-state index in [1.807, 2.05) is 13.8 Å². The van der Waals surface area contributed by atoms with E-state index in [0.717, 1.165) is 55.0 Å². The van der Waals surface area contributed by atoms with Crippen molar-refractivity contribution < 1.29 is 14.6 Å². The van der Waals surface area contributed by atoms with Gasteiger partial charge in [0.25, 0.3) is 0 Å². The van der Waals surface area contributed by atoms with Crippen LogP contribution in [0, 0.1) is 12.8 Å². The van der Waals surface area contributed by atoms with Crippen molar-refractivity contribution in [2.45, 2.75) is 70.0 Å². The number of hydrogen-bond donors (Lipinski definition) is 1. The highest BCUT2D eigenvalue weighted by molar-refractivity contribution is 7.09. The molecule has 0 saturated heterocycles. The van der Waals surface area contributed by atoms with Crippen LogP contribution in [0.2, 0.25) is 0 Å². The fraction of sp³-hybridized carbons (Fsp3) is 0.483. The number of rotatable bonds is 8. The smallest absolute Gasteiger partial charge is 0.131 e. The Bertz CT molecular complexity index is 1110. The van der Waals surface area contributed by atoms with Gasteiger partial charge in [0.1, 0.15) is 12.4 Å². The lowest BCUT2D eigenvalue weighted by Crippen LogP contribution is -2.52. The van der Waals surface area contributed by atoms with Crippen LogP contribution in [0.1, 0.15) is 60.0 Å². The maximum Gasteiger partial charge on any atom is 0.131 e. The minimum atomic E-state index is -0.715. The van der Waals surface area contributed by atoms with E-state index in [9.17, 15) is 5.11 Å². The van der Waals surface area contributed by atoms with Gasteiger partial charge in [-0.15, -0.1) is 11.3 Å². The summed E-state index contributed by atoms with van der Waals surface area (Å²) in [6, 6.07) is 17.5. The minimum Gasteiger partial charge on any atom is -0.487 e. The monoisotopic (exact) mass is 477 g/mol. The van der Waals surface area contributed by atoms with Crippen LogP contribution < -0.4 is 4.74 Å². The molecule has 0 radical (unpaired) electrons. The molecule has 0 spiro atoms. The maximum atomic E-state index is 11.3. The molecule has 1 N–H and O–H groups in total. The number of fused-ring (bicyclic) bond motifs is 3. The molecule has 1 heterocycles. The molecule has 5 heteroatoms. The lowest BCUT2D eigenvalue weighted by atomic mass is 9.52. The van der Waals surface area contributed by atoms with E-state index in [-0.39, 0.29) is 5.41 Å². The molecular formula is C29H35NO3S. The summed E-state index contributed by atoms with van der Waals surface area (Å²) in [5, 5.41) is 14.5. The number of aromatic nitrogens is 1. The van der Waals surface area contributed by atoms with E-state index in [1.54, 1.807) is 11.3 Å². The van der Waals surface area contributed by atoms with Gasteiger partial charge in [-0.2, -0.15) is 0 Å². The van der Waals surface area contributed by atoms with Crippen molar-refractivity contribution >= 4 is 11.3 Å². The lowest BCUT2D eigenvalue weighted by molar-refractivity contribution is -0.0990. The Morgan fingerprint density at radius 3 is 2.76 bits per heavy atom. The topological polar surface area (TPSA) is 51.6 Å².